The quantitative estimate of drug-likeness (QED) is 0.755. The summed E-state index contributed by atoms with van der Waals surface area (Å²) in [5.74, 6) is 0.109. The van der Waals surface area contributed by atoms with Crippen LogP contribution in [0, 0.1) is 0 Å². The Hall–Kier alpha value is -3.55. The molecule has 0 fully saturated rings. The van der Waals surface area contributed by atoms with Crippen molar-refractivity contribution in [3.8, 4) is 11.5 Å². The highest BCUT2D eigenvalue weighted by atomic mass is 16.5. The number of anilines is 2. The van der Waals surface area contributed by atoms with Gasteiger partial charge in [-0.25, -0.2) is 0 Å². The van der Waals surface area contributed by atoms with Crippen LogP contribution < -0.4 is 19.7 Å². The highest BCUT2D eigenvalue weighted by molar-refractivity contribution is 6.04. The number of carbonyl (C=O) groups is 3. The van der Waals surface area contributed by atoms with Gasteiger partial charge in [-0.15, -0.1) is 0 Å². The Morgan fingerprint density at radius 1 is 1.17 bits per heavy atom. The molecular weight excluding hydrogens is 386 g/mol. The summed E-state index contributed by atoms with van der Waals surface area (Å²) in [7, 11) is 1.52. The number of hydrogen-bond donors (Lipinski definition) is 1. The van der Waals surface area contributed by atoms with E-state index in [4.69, 9.17) is 9.47 Å². The number of para-hydroxylation sites is 4. The van der Waals surface area contributed by atoms with Gasteiger partial charge in [0.1, 0.15) is 18.0 Å². The van der Waals surface area contributed by atoms with Crippen molar-refractivity contribution in [3.63, 3.8) is 0 Å². The van der Waals surface area contributed by atoms with E-state index in [0.29, 0.717) is 29.4 Å². The predicted octanol–water partition coefficient (Wildman–Crippen LogP) is 2.30. The van der Waals surface area contributed by atoms with Crippen molar-refractivity contribution in [1.29, 1.82) is 0 Å². The van der Waals surface area contributed by atoms with Gasteiger partial charge in [0, 0.05) is 6.54 Å². The highest BCUT2D eigenvalue weighted by Crippen LogP contribution is 2.33. The summed E-state index contributed by atoms with van der Waals surface area (Å²) in [6, 6.07) is 14.1. The Balaban J connectivity index is 1.69. The molecule has 8 heteroatoms. The molecule has 1 aliphatic rings. The zero-order valence-electron chi connectivity index (χ0n) is 17.3. The molecule has 2 aromatic rings. The standard InChI is InChI=1S/C22H25N3O5/c1-4-24(13-20(26)23-16-9-5-7-11-18(16)29-3)21(27)14-25-17-10-6-8-12-19(17)30-15(2)22(25)28/h5-12,15H,4,13-14H2,1-3H3,(H,23,26)/t15-/m1/s1. The third-order valence-electron chi connectivity index (χ3n) is 4.82. The number of nitrogens with zero attached hydrogens (tertiary/aromatic N) is 2. The fourth-order valence-electron chi connectivity index (χ4n) is 3.24. The fraction of sp³-hybridized carbons (Fsp3) is 0.318. The topological polar surface area (TPSA) is 88.2 Å². The molecule has 158 valence electrons. The highest BCUT2D eigenvalue weighted by Gasteiger charge is 2.33. The number of rotatable bonds is 7. The number of carbonyl (C=O) groups excluding carboxylic acids is 3. The van der Waals surface area contributed by atoms with E-state index < -0.39 is 6.10 Å². The minimum Gasteiger partial charge on any atom is -0.495 e. The lowest BCUT2D eigenvalue weighted by Gasteiger charge is -2.33. The second-order valence-corrected chi connectivity index (χ2v) is 6.81. The van der Waals surface area contributed by atoms with E-state index in [0.717, 1.165) is 0 Å². The molecule has 0 aromatic heterocycles. The second-order valence-electron chi connectivity index (χ2n) is 6.81. The van der Waals surface area contributed by atoms with Crippen molar-refractivity contribution in [3.05, 3.63) is 48.5 Å². The maximum absolute atomic E-state index is 12.9. The summed E-state index contributed by atoms with van der Waals surface area (Å²) < 4.78 is 10.8. The molecule has 3 rings (SSSR count). The molecule has 8 nitrogen and oxygen atoms in total. The lowest BCUT2D eigenvalue weighted by Crippen LogP contribution is -2.50. The van der Waals surface area contributed by atoms with Crippen molar-refractivity contribution in [2.45, 2.75) is 20.0 Å². The summed E-state index contributed by atoms with van der Waals surface area (Å²) >= 11 is 0. The minimum atomic E-state index is -0.684. The maximum Gasteiger partial charge on any atom is 0.268 e. The van der Waals surface area contributed by atoms with Crippen LogP contribution in [0.1, 0.15) is 13.8 Å². The Kier molecular flexibility index (Phi) is 6.56. The van der Waals surface area contributed by atoms with E-state index in [2.05, 4.69) is 5.32 Å². The Morgan fingerprint density at radius 2 is 1.87 bits per heavy atom. The summed E-state index contributed by atoms with van der Waals surface area (Å²) in [5, 5.41) is 2.76. The first kappa shape index (κ1) is 21.2. The van der Waals surface area contributed by atoms with Gasteiger partial charge in [-0.3, -0.25) is 19.3 Å². The van der Waals surface area contributed by atoms with Crippen LogP contribution in [-0.2, 0) is 14.4 Å². The first-order chi connectivity index (χ1) is 14.4. The van der Waals surface area contributed by atoms with Crippen LogP contribution in [0.5, 0.6) is 11.5 Å². The van der Waals surface area contributed by atoms with Crippen molar-refractivity contribution in [2.24, 2.45) is 0 Å². The lowest BCUT2D eigenvalue weighted by atomic mass is 10.2. The molecule has 0 aliphatic carbocycles. The summed E-state index contributed by atoms with van der Waals surface area (Å²) in [4.78, 5) is 40.8. The van der Waals surface area contributed by atoms with Gasteiger partial charge in [0.2, 0.25) is 11.8 Å². The van der Waals surface area contributed by atoms with Crippen LogP contribution >= 0.6 is 0 Å². The molecule has 2 aromatic carbocycles. The number of hydrogen-bond acceptors (Lipinski definition) is 5. The molecule has 0 unspecified atom stereocenters. The molecule has 0 saturated heterocycles. The van der Waals surface area contributed by atoms with Crippen molar-refractivity contribution in [2.75, 3.05) is 37.0 Å². The molecule has 30 heavy (non-hydrogen) atoms. The molecule has 1 aliphatic heterocycles. The van der Waals surface area contributed by atoms with E-state index in [1.807, 2.05) is 6.07 Å². The van der Waals surface area contributed by atoms with Crippen LogP contribution in [0.15, 0.2) is 48.5 Å². The van der Waals surface area contributed by atoms with Crippen LogP contribution in [0.4, 0.5) is 11.4 Å². The second kappa shape index (κ2) is 9.30. The smallest absolute Gasteiger partial charge is 0.268 e. The van der Waals surface area contributed by atoms with Gasteiger partial charge in [-0.1, -0.05) is 24.3 Å². The average molecular weight is 411 g/mol. The van der Waals surface area contributed by atoms with Gasteiger partial charge in [0.05, 0.1) is 25.0 Å². The largest absolute Gasteiger partial charge is 0.495 e. The number of fused-ring (bicyclic) bond motifs is 1. The van der Waals surface area contributed by atoms with Crippen molar-refractivity contribution in [1.82, 2.24) is 4.90 Å². The predicted molar refractivity (Wildman–Crippen MR) is 113 cm³/mol. The molecule has 0 bridgehead atoms. The van der Waals surface area contributed by atoms with Gasteiger partial charge >= 0.3 is 0 Å². The Labute approximate surface area is 175 Å². The first-order valence-corrected chi connectivity index (χ1v) is 9.72. The van der Waals surface area contributed by atoms with Crippen LogP contribution in [-0.4, -0.2) is 55.5 Å². The zero-order chi connectivity index (χ0) is 21.7. The molecule has 1 N–H and O–H groups in total. The Morgan fingerprint density at radius 3 is 2.60 bits per heavy atom. The van der Waals surface area contributed by atoms with Gasteiger partial charge in [0.15, 0.2) is 6.10 Å². The number of nitrogens with one attached hydrogen (secondary N) is 1. The third kappa shape index (κ3) is 4.53. The first-order valence-electron chi connectivity index (χ1n) is 9.72. The normalized spacial score (nSPS) is 15.1. The minimum absolute atomic E-state index is 0.136. The monoisotopic (exact) mass is 411 g/mol. The van der Waals surface area contributed by atoms with Crippen LogP contribution in [0.2, 0.25) is 0 Å². The third-order valence-corrected chi connectivity index (χ3v) is 4.82. The number of benzene rings is 2. The summed E-state index contributed by atoms with van der Waals surface area (Å²) in [6.45, 7) is 3.45. The van der Waals surface area contributed by atoms with Gasteiger partial charge < -0.3 is 19.7 Å². The van der Waals surface area contributed by atoms with E-state index in [1.165, 1.54) is 16.9 Å². The van der Waals surface area contributed by atoms with E-state index in [1.54, 1.807) is 56.3 Å². The number of amides is 3. The molecule has 0 spiro atoms. The van der Waals surface area contributed by atoms with Crippen molar-refractivity contribution < 1.29 is 23.9 Å². The zero-order valence-corrected chi connectivity index (χ0v) is 17.3. The van der Waals surface area contributed by atoms with E-state index in [9.17, 15) is 14.4 Å². The molecule has 0 radical (unpaired) electrons. The molecule has 0 saturated carbocycles. The van der Waals surface area contributed by atoms with Gasteiger partial charge in [-0.05, 0) is 38.1 Å². The van der Waals surface area contributed by atoms with Gasteiger partial charge in [-0.2, -0.15) is 0 Å². The number of methoxy groups -OCH3 is 1. The average Bonchev–Trinajstić information content (AvgIpc) is 2.75. The molecule has 1 heterocycles. The lowest BCUT2D eigenvalue weighted by molar-refractivity contribution is -0.135. The summed E-state index contributed by atoms with van der Waals surface area (Å²) in [5.41, 5.74) is 1.07. The number of ether oxygens (including phenoxy) is 2. The van der Waals surface area contributed by atoms with Crippen LogP contribution in [0.3, 0.4) is 0 Å². The number of likely N-dealkylation sites (N-methyl/N-ethyl adjacent to an activating group) is 1. The van der Waals surface area contributed by atoms with Crippen molar-refractivity contribution >= 4 is 29.1 Å². The van der Waals surface area contributed by atoms with Gasteiger partial charge in [0.25, 0.3) is 5.91 Å². The fourth-order valence-corrected chi connectivity index (χ4v) is 3.24. The molecule has 3 amide bonds. The summed E-state index contributed by atoms with van der Waals surface area (Å²) in [6.07, 6.45) is -0.684. The van der Waals surface area contributed by atoms with E-state index in [-0.39, 0.29) is 30.8 Å². The SMILES string of the molecule is CCN(CC(=O)Nc1ccccc1OC)C(=O)CN1C(=O)[C@@H](C)Oc2ccccc21. The molecule has 1 atom stereocenters. The Bertz CT molecular complexity index is 946. The molecular formula is C22H25N3O5. The maximum atomic E-state index is 12.9. The van der Waals surface area contributed by atoms with E-state index >= 15 is 0 Å². The van der Waals surface area contributed by atoms with Crippen LogP contribution in [0.25, 0.3) is 0 Å².